The summed E-state index contributed by atoms with van der Waals surface area (Å²) in [5, 5.41) is 1.79. The number of ether oxygens (including phenoxy) is 1. The number of nitrogens with zero attached hydrogens (tertiary/aromatic N) is 1. The van der Waals surface area contributed by atoms with E-state index < -0.39 is 23.5 Å². The van der Waals surface area contributed by atoms with Crippen LogP contribution in [0.5, 0.6) is 0 Å². The molecule has 2 rings (SSSR count). The Hall–Kier alpha value is -1.31. The van der Waals surface area contributed by atoms with Gasteiger partial charge < -0.3 is 15.0 Å². The van der Waals surface area contributed by atoms with Crippen LogP contribution in [0.2, 0.25) is 0 Å². The van der Waals surface area contributed by atoms with Crippen molar-refractivity contribution in [2.75, 3.05) is 13.2 Å². The smallest absolute Gasteiger partial charge is 0.374 e. The standard InChI is InChI=1S/C14H21F3N2O3/c1-13(2,18-11(20)14(15,16)17)12(21)19-7-8-22-10-6-4-3-5-9(10)19/h9-10H,3-8H2,1-2H3,(H,18,20)/t9-,10-/m1/s1. The molecule has 1 N–H and O–H groups in total. The maximum atomic E-state index is 12.6. The van der Waals surface area contributed by atoms with Crippen molar-refractivity contribution in [2.24, 2.45) is 0 Å². The molecule has 0 unspecified atom stereocenters. The van der Waals surface area contributed by atoms with Gasteiger partial charge in [0.1, 0.15) is 5.54 Å². The average molecular weight is 322 g/mol. The average Bonchev–Trinajstić information content (AvgIpc) is 2.44. The lowest BCUT2D eigenvalue weighted by Gasteiger charge is -2.46. The van der Waals surface area contributed by atoms with Crippen LogP contribution < -0.4 is 5.32 Å². The molecule has 1 saturated heterocycles. The number of nitrogens with one attached hydrogen (secondary N) is 1. The summed E-state index contributed by atoms with van der Waals surface area (Å²) >= 11 is 0. The molecular weight excluding hydrogens is 301 g/mol. The van der Waals surface area contributed by atoms with Crippen LogP contribution in [0.25, 0.3) is 0 Å². The van der Waals surface area contributed by atoms with Crippen molar-refractivity contribution in [3.05, 3.63) is 0 Å². The van der Waals surface area contributed by atoms with Gasteiger partial charge in [-0.1, -0.05) is 12.8 Å². The molecule has 0 spiro atoms. The number of carbonyl (C=O) groups excluding carboxylic acids is 2. The van der Waals surface area contributed by atoms with E-state index in [1.807, 2.05) is 0 Å². The highest BCUT2D eigenvalue weighted by atomic mass is 19.4. The molecule has 0 aromatic carbocycles. The lowest BCUT2D eigenvalue weighted by molar-refractivity contribution is -0.178. The quantitative estimate of drug-likeness (QED) is 0.840. The molecule has 0 bridgehead atoms. The zero-order chi connectivity index (χ0) is 16.5. The maximum absolute atomic E-state index is 12.6. The Kier molecular flexibility index (Phi) is 4.70. The minimum Gasteiger partial charge on any atom is -0.374 e. The van der Waals surface area contributed by atoms with E-state index in [9.17, 15) is 22.8 Å². The van der Waals surface area contributed by atoms with E-state index in [1.54, 1.807) is 10.2 Å². The van der Waals surface area contributed by atoms with Crippen molar-refractivity contribution in [1.29, 1.82) is 0 Å². The van der Waals surface area contributed by atoms with Gasteiger partial charge in [0.15, 0.2) is 0 Å². The monoisotopic (exact) mass is 322 g/mol. The molecule has 2 fully saturated rings. The molecule has 2 aliphatic rings. The predicted molar refractivity (Wildman–Crippen MR) is 72.0 cm³/mol. The van der Waals surface area contributed by atoms with E-state index in [4.69, 9.17) is 4.74 Å². The highest BCUT2D eigenvalue weighted by Crippen LogP contribution is 2.30. The Morgan fingerprint density at radius 2 is 1.82 bits per heavy atom. The normalized spacial score (nSPS) is 26.3. The van der Waals surface area contributed by atoms with Gasteiger partial charge in [-0.3, -0.25) is 9.59 Å². The first kappa shape index (κ1) is 17.1. The minimum atomic E-state index is -5.00. The Balaban J connectivity index is 2.09. The molecular formula is C14H21F3N2O3. The van der Waals surface area contributed by atoms with E-state index in [-0.39, 0.29) is 12.1 Å². The Bertz CT molecular complexity index is 449. The van der Waals surface area contributed by atoms with E-state index in [0.29, 0.717) is 13.2 Å². The fraction of sp³-hybridized carbons (Fsp3) is 0.857. The number of hydrogen-bond donors (Lipinski definition) is 1. The first-order valence-electron chi connectivity index (χ1n) is 7.45. The summed E-state index contributed by atoms with van der Waals surface area (Å²) in [6.45, 7) is 3.31. The Morgan fingerprint density at radius 3 is 2.45 bits per heavy atom. The molecule has 1 heterocycles. The second-order valence-electron chi connectivity index (χ2n) is 6.34. The van der Waals surface area contributed by atoms with Gasteiger partial charge in [0.2, 0.25) is 5.91 Å². The van der Waals surface area contributed by atoms with Gasteiger partial charge in [-0.25, -0.2) is 0 Å². The maximum Gasteiger partial charge on any atom is 0.471 e. The zero-order valence-electron chi connectivity index (χ0n) is 12.7. The van der Waals surface area contributed by atoms with Gasteiger partial charge in [-0.2, -0.15) is 13.2 Å². The highest BCUT2D eigenvalue weighted by molar-refractivity contribution is 5.92. The lowest BCUT2D eigenvalue weighted by Crippen LogP contribution is -2.64. The second-order valence-corrected chi connectivity index (χ2v) is 6.34. The molecule has 126 valence electrons. The Morgan fingerprint density at radius 1 is 1.18 bits per heavy atom. The van der Waals surface area contributed by atoms with Gasteiger partial charge in [-0.05, 0) is 26.7 Å². The van der Waals surface area contributed by atoms with Gasteiger partial charge in [0.05, 0.1) is 18.8 Å². The third-order valence-electron chi connectivity index (χ3n) is 4.21. The first-order chi connectivity index (χ1) is 10.1. The number of carbonyl (C=O) groups is 2. The van der Waals surface area contributed by atoms with E-state index in [0.717, 1.165) is 25.7 Å². The molecule has 2 amide bonds. The molecule has 8 heteroatoms. The van der Waals surface area contributed by atoms with Gasteiger partial charge in [0.25, 0.3) is 0 Å². The highest BCUT2D eigenvalue weighted by Gasteiger charge is 2.46. The van der Waals surface area contributed by atoms with Crippen LogP contribution in [0.4, 0.5) is 13.2 Å². The van der Waals surface area contributed by atoms with Gasteiger partial charge >= 0.3 is 12.1 Å². The molecule has 22 heavy (non-hydrogen) atoms. The molecule has 1 saturated carbocycles. The summed E-state index contributed by atoms with van der Waals surface area (Å²) in [6.07, 6.45) is -1.44. The van der Waals surface area contributed by atoms with Crippen LogP contribution in [0.15, 0.2) is 0 Å². The van der Waals surface area contributed by atoms with Crippen LogP contribution in [-0.2, 0) is 14.3 Å². The van der Waals surface area contributed by atoms with Crippen LogP contribution in [-0.4, -0.2) is 53.7 Å². The predicted octanol–water partition coefficient (Wildman–Crippen LogP) is 1.61. The summed E-state index contributed by atoms with van der Waals surface area (Å²) in [4.78, 5) is 25.3. The van der Waals surface area contributed by atoms with Crippen LogP contribution in [0.3, 0.4) is 0 Å². The third kappa shape index (κ3) is 3.53. The zero-order valence-corrected chi connectivity index (χ0v) is 12.7. The summed E-state index contributed by atoms with van der Waals surface area (Å²) in [5.41, 5.74) is -1.61. The summed E-state index contributed by atoms with van der Waals surface area (Å²) in [5.74, 6) is -2.59. The van der Waals surface area contributed by atoms with Crippen molar-refractivity contribution in [1.82, 2.24) is 10.2 Å². The molecule has 1 aliphatic carbocycles. The Labute approximate surface area is 127 Å². The number of alkyl halides is 3. The van der Waals surface area contributed by atoms with Crippen LogP contribution >= 0.6 is 0 Å². The molecule has 0 radical (unpaired) electrons. The summed E-state index contributed by atoms with van der Waals surface area (Å²) < 4.78 is 42.8. The molecule has 1 aliphatic heterocycles. The van der Waals surface area contributed by atoms with Crippen molar-refractivity contribution in [2.45, 2.75) is 63.4 Å². The molecule has 0 aromatic heterocycles. The lowest BCUT2D eigenvalue weighted by atomic mass is 9.88. The number of morpholine rings is 1. The second kappa shape index (κ2) is 6.06. The number of amides is 2. The van der Waals surface area contributed by atoms with Gasteiger partial charge in [0, 0.05) is 6.54 Å². The summed E-state index contributed by atoms with van der Waals surface area (Å²) in [7, 11) is 0. The largest absolute Gasteiger partial charge is 0.471 e. The van der Waals surface area contributed by atoms with Crippen LogP contribution in [0.1, 0.15) is 39.5 Å². The number of hydrogen-bond acceptors (Lipinski definition) is 3. The van der Waals surface area contributed by atoms with E-state index >= 15 is 0 Å². The minimum absolute atomic E-state index is 0.0550. The number of halogens is 3. The van der Waals surface area contributed by atoms with E-state index in [1.165, 1.54) is 13.8 Å². The van der Waals surface area contributed by atoms with E-state index in [2.05, 4.69) is 0 Å². The van der Waals surface area contributed by atoms with Crippen LogP contribution in [0, 0.1) is 0 Å². The molecule has 5 nitrogen and oxygen atoms in total. The number of rotatable bonds is 2. The number of fused-ring (bicyclic) bond motifs is 1. The topological polar surface area (TPSA) is 58.6 Å². The van der Waals surface area contributed by atoms with Gasteiger partial charge in [-0.15, -0.1) is 0 Å². The summed E-state index contributed by atoms with van der Waals surface area (Å²) in [6, 6.07) is -0.114. The molecule has 0 aromatic rings. The first-order valence-corrected chi connectivity index (χ1v) is 7.45. The molecule has 2 atom stereocenters. The fourth-order valence-corrected chi connectivity index (χ4v) is 3.12. The third-order valence-corrected chi connectivity index (χ3v) is 4.21. The van der Waals surface area contributed by atoms with Crippen molar-refractivity contribution >= 4 is 11.8 Å². The van der Waals surface area contributed by atoms with Crippen molar-refractivity contribution in [3.63, 3.8) is 0 Å². The van der Waals surface area contributed by atoms with Crippen molar-refractivity contribution in [3.8, 4) is 0 Å². The fourth-order valence-electron chi connectivity index (χ4n) is 3.12. The van der Waals surface area contributed by atoms with Crippen molar-refractivity contribution < 1.29 is 27.5 Å². The SMILES string of the molecule is CC(C)(NC(=O)C(F)(F)F)C(=O)N1CCO[C@@H]2CCCC[C@H]21.